The van der Waals surface area contributed by atoms with Gasteiger partial charge < -0.3 is 0 Å². The van der Waals surface area contributed by atoms with Crippen LogP contribution in [0, 0.1) is 23.0 Å². The van der Waals surface area contributed by atoms with Crippen LogP contribution in [0.2, 0.25) is 0 Å². The van der Waals surface area contributed by atoms with E-state index in [1.807, 2.05) is 6.92 Å². The minimum absolute atomic E-state index is 0.459. The highest BCUT2D eigenvalue weighted by Crippen LogP contribution is 2.27. The lowest BCUT2D eigenvalue weighted by Gasteiger charge is -2.23. The molecule has 0 aromatic heterocycles. The van der Waals surface area contributed by atoms with Crippen molar-refractivity contribution in [2.24, 2.45) is 0 Å². The van der Waals surface area contributed by atoms with Gasteiger partial charge >= 0.3 is 0 Å². The Kier molecular flexibility index (Phi) is 5.00. The largest absolute Gasteiger partial charge is 0.297 e. The van der Waals surface area contributed by atoms with Gasteiger partial charge in [0.1, 0.15) is 17.2 Å². The van der Waals surface area contributed by atoms with Crippen LogP contribution in [-0.2, 0) is 0 Å². The van der Waals surface area contributed by atoms with Crippen molar-refractivity contribution >= 4 is 11.8 Å². The van der Waals surface area contributed by atoms with Crippen LogP contribution >= 0.6 is 11.8 Å². The van der Waals surface area contributed by atoms with Crippen molar-refractivity contribution in [2.75, 3.05) is 5.75 Å². The summed E-state index contributed by atoms with van der Waals surface area (Å²) in [4.78, 5) is 0.459. The van der Waals surface area contributed by atoms with Gasteiger partial charge in [0.25, 0.3) is 0 Å². The molecule has 1 unspecified atom stereocenters. The summed E-state index contributed by atoms with van der Waals surface area (Å²) in [5.41, 5.74) is -0.497. The quantitative estimate of drug-likeness (QED) is 0.613. The molecular formula is C15H18F2N2S. The molecule has 1 aromatic carbocycles. The molecule has 1 atom stereocenters. The first-order valence-electron chi connectivity index (χ1n) is 6.79. The summed E-state index contributed by atoms with van der Waals surface area (Å²) in [5.74, 6) is -0.363. The average Bonchev–Trinajstić information content (AvgIpc) is 3.20. The van der Waals surface area contributed by atoms with Gasteiger partial charge in [-0.3, -0.25) is 5.32 Å². The third kappa shape index (κ3) is 4.46. The third-order valence-corrected chi connectivity index (χ3v) is 4.45. The van der Waals surface area contributed by atoms with Crippen LogP contribution in [0.4, 0.5) is 8.78 Å². The number of hydrogen-bond donors (Lipinski definition) is 1. The smallest absolute Gasteiger partial charge is 0.139 e. The van der Waals surface area contributed by atoms with E-state index in [9.17, 15) is 14.0 Å². The molecule has 0 radical (unpaired) electrons. The second-order valence-corrected chi connectivity index (χ2v) is 6.53. The highest BCUT2D eigenvalue weighted by Gasteiger charge is 2.31. The van der Waals surface area contributed by atoms with E-state index in [0.29, 0.717) is 16.7 Å². The number of nitrogens with one attached hydrogen (secondary N) is 1. The van der Waals surface area contributed by atoms with Crippen LogP contribution in [0.1, 0.15) is 32.6 Å². The van der Waals surface area contributed by atoms with Crippen LogP contribution in [0.3, 0.4) is 0 Å². The average molecular weight is 296 g/mol. The Balaban J connectivity index is 1.76. The van der Waals surface area contributed by atoms with Crippen molar-refractivity contribution in [3.05, 3.63) is 29.8 Å². The summed E-state index contributed by atoms with van der Waals surface area (Å²) in [6.07, 6.45) is 3.83. The number of nitriles is 1. The van der Waals surface area contributed by atoms with Crippen LogP contribution in [0.15, 0.2) is 23.1 Å². The fourth-order valence-corrected chi connectivity index (χ4v) is 2.91. The predicted molar refractivity (Wildman–Crippen MR) is 76.5 cm³/mol. The number of halogens is 2. The lowest BCUT2D eigenvalue weighted by molar-refractivity contribution is 0.411. The van der Waals surface area contributed by atoms with E-state index >= 15 is 0 Å². The van der Waals surface area contributed by atoms with E-state index in [1.54, 1.807) is 0 Å². The van der Waals surface area contributed by atoms with Crippen LogP contribution in [-0.4, -0.2) is 17.3 Å². The van der Waals surface area contributed by atoms with Gasteiger partial charge in [-0.2, -0.15) is 5.26 Å². The maximum absolute atomic E-state index is 13.4. The van der Waals surface area contributed by atoms with E-state index in [1.165, 1.54) is 23.9 Å². The molecule has 1 fully saturated rings. The Hall–Kier alpha value is -1.12. The van der Waals surface area contributed by atoms with Crippen molar-refractivity contribution in [1.29, 1.82) is 5.26 Å². The minimum Gasteiger partial charge on any atom is -0.297 e. The summed E-state index contributed by atoms with van der Waals surface area (Å²) in [6, 6.07) is 6.43. The lowest BCUT2D eigenvalue weighted by atomic mass is 9.98. The molecule has 1 saturated carbocycles. The first-order valence-corrected chi connectivity index (χ1v) is 7.78. The molecule has 0 bridgehead atoms. The first-order chi connectivity index (χ1) is 9.52. The molecule has 1 aliphatic carbocycles. The first kappa shape index (κ1) is 15.3. The van der Waals surface area contributed by atoms with Gasteiger partial charge in [-0.15, -0.1) is 11.8 Å². The van der Waals surface area contributed by atoms with Crippen molar-refractivity contribution in [2.45, 2.75) is 49.1 Å². The molecule has 0 spiro atoms. The molecule has 20 heavy (non-hydrogen) atoms. The van der Waals surface area contributed by atoms with Gasteiger partial charge in [0.2, 0.25) is 0 Å². The van der Waals surface area contributed by atoms with E-state index in [4.69, 9.17) is 0 Å². The monoisotopic (exact) mass is 296 g/mol. The Morgan fingerprint density at radius 3 is 2.80 bits per heavy atom. The SMILES string of the molecule is CC(C#N)(CCCSc1ccc(F)cc1F)NC1CC1. The Labute approximate surface area is 122 Å². The van der Waals surface area contributed by atoms with Crippen molar-refractivity contribution < 1.29 is 8.78 Å². The number of benzene rings is 1. The topological polar surface area (TPSA) is 35.8 Å². The van der Waals surface area contributed by atoms with Gasteiger partial charge in [0, 0.05) is 17.0 Å². The highest BCUT2D eigenvalue weighted by atomic mass is 32.2. The van der Waals surface area contributed by atoms with Crippen molar-refractivity contribution in [1.82, 2.24) is 5.32 Å². The summed E-state index contributed by atoms with van der Waals surface area (Å²) in [5, 5.41) is 12.6. The summed E-state index contributed by atoms with van der Waals surface area (Å²) in [7, 11) is 0. The molecule has 5 heteroatoms. The summed E-state index contributed by atoms with van der Waals surface area (Å²) < 4.78 is 26.2. The van der Waals surface area contributed by atoms with Gasteiger partial charge in [-0.05, 0) is 50.5 Å². The molecule has 108 valence electrons. The predicted octanol–water partition coefficient (Wildman–Crippen LogP) is 3.87. The van der Waals surface area contributed by atoms with Crippen LogP contribution in [0.25, 0.3) is 0 Å². The molecular weight excluding hydrogens is 278 g/mol. The standard InChI is InChI=1S/C15H18F2N2S/c1-15(10-18,19-12-4-5-12)7-2-8-20-14-6-3-11(16)9-13(14)17/h3,6,9,12,19H,2,4-5,7-8H2,1H3. The van der Waals surface area contributed by atoms with E-state index in [-0.39, 0.29) is 0 Å². The number of thioether (sulfide) groups is 1. The molecule has 1 aromatic rings. The molecule has 2 rings (SSSR count). The van der Waals surface area contributed by atoms with E-state index in [2.05, 4.69) is 11.4 Å². The molecule has 0 amide bonds. The molecule has 0 saturated heterocycles. The maximum Gasteiger partial charge on any atom is 0.139 e. The highest BCUT2D eigenvalue weighted by molar-refractivity contribution is 7.99. The number of hydrogen-bond acceptors (Lipinski definition) is 3. The van der Waals surface area contributed by atoms with Gasteiger partial charge in [-0.25, -0.2) is 8.78 Å². The summed E-state index contributed by atoms with van der Waals surface area (Å²) in [6.45, 7) is 1.91. The van der Waals surface area contributed by atoms with Gasteiger partial charge in [0.05, 0.1) is 6.07 Å². The molecule has 2 nitrogen and oxygen atoms in total. The maximum atomic E-state index is 13.4. The Morgan fingerprint density at radius 2 is 2.20 bits per heavy atom. The van der Waals surface area contributed by atoms with Gasteiger partial charge in [0.15, 0.2) is 0 Å². The third-order valence-electron chi connectivity index (χ3n) is 3.32. The van der Waals surface area contributed by atoms with Gasteiger partial charge in [-0.1, -0.05) is 0 Å². The number of rotatable bonds is 7. The minimum atomic E-state index is -0.558. The van der Waals surface area contributed by atoms with Crippen LogP contribution in [0.5, 0.6) is 0 Å². The van der Waals surface area contributed by atoms with Crippen molar-refractivity contribution in [3.8, 4) is 6.07 Å². The molecule has 1 aliphatic rings. The fraction of sp³-hybridized carbons (Fsp3) is 0.533. The Bertz CT molecular complexity index is 511. The summed E-state index contributed by atoms with van der Waals surface area (Å²) >= 11 is 1.36. The molecule has 0 heterocycles. The molecule has 0 aliphatic heterocycles. The van der Waals surface area contributed by atoms with E-state index < -0.39 is 17.2 Å². The Morgan fingerprint density at radius 1 is 1.45 bits per heavy atom. The molecule has 1 N–H and O–H groups in total. The second-order valence-electron chi connectivity index (χ2n) is 5.39. The normalized spacial score (nSPS) is 17.5. The second kappa shape index (κ2) is 6.55. The zero-order valence-corrected chi connectivity index (χ0v) is 12.3. The van der Waals surface area contributed by atoms with Crippen LogP contribution < -0.4 is 5.32 Å². The van der Waals surface area contributed by atoms with E-state index in [0.717, 1.165) is 31.7 Å². The number of nitrogens with zero attached hydrogens (tertiary/aromatic N) is 1. The zero-order chi connectivity index (χ0) is 14.6. The van der Waals surface area contributed by atoms with Crippen molar-refractivity contribution in [3.63, 3.8) is 0 Å². The fourth-order valence-electron chi connectivity index (χ4n) is 2.04. The lowest BCUT2D eigenvalue weighted by Crippen LogP contribution is -2.42. The zero-order valence-electron chi connectivity index (χ0n) is 11.5.